The molecule has 0 fully saturated rings. The monoisotopic (exact) mass is 143 g/mol. The molecule has 10 heavy (non-hydrogen) atoms. The van der Waals surface area contributed by atoms with Crippen LogP contribution in [0.25, 0.3) is 0 Å². The molecule has 0 heterocycles. The van der Waals surface area contributed by atoms with Gasteiger partial charge >= 0.3 is 0 Å². The molecule has 0 aliphatic rings. The van der Waals surface area contributed by atoms with Gasteiger partial charge in [0.1, 0.15) is 0 Å². The highest BCUT2D eigenvalue weighted by atomic mass is 14.6. The topological polar surface area (TPSA) is 26.0 Å². The summed E-state index contributed by atoms with van der Waals surface area (Å²) >= 11 is 0. The van der Waals surface area contributed by atoms with Crippen LogP contribution in [0.5, 0.6) is 0 Å². The lowest BCUT2D eigenvalue weighted by atomic mass is 9.86. The number of hydrogen-bond acceptors (Lipinski definition) is 1. The molecule has 0 aliphatic heterocycles. The molecular weight excluding hydrogens is 122 g/mol. The second kappa shape index (κ2) is 4.73. The third-order valence-corrected chi connectivity index (χ3v) is 2.69. The zero-order chi connectivity index (χ0) is 8.15. The van der Waals surface area contributed by atoms with Crippen molar-refractivity contribution in [3.8, 4) is 0 Å². The van der Waals surface area contributed by atoms with Gasteiger partial charge in [-0.2, -0.15) is 0 Å². The van der Waals surface area contributed by atoms with Gasteiger partial charge in [-0.3, -0.25) is 0 Å². The summed E-state index contributed by atoms with van der Waals surface area (Å²) < 4.78 is 0. The Morgan fingerprint density at radius 2 is 1.60 bits per heavy atom. The molecule has 3 atom stereocenters. The van der Waals surface area contributed by atoms with Crippen molar-refractivity contribution in [3.05, 3.63) is 0 Å². The Balaban J connectivity index is 3.69. The molecule has 0 aromatic heterocycles. The van der Waals surface area contributed by atoms with Crippen molar-refractivity contribution in [2.75, 3.05) is 0 Å². The van der Waals surface area contributed by atoms with E-state index in [0.29, 0.717) is 12.0 Å². The summed E-state index contributed by atoms with van der Waals surface area (Å²) in [4.78, 5) is 0. The maximum atomic E-state index is 5.89. The number of rotatable bonds is 4. The molecule has 0 amide bonds. The molecule has 0 saturated carbocycles. The lowest BCUT2D eigenvalue weighted by Gasteiger charge is -2.23. The molecule has 1 heteroatoms. The molecule has 0 spiro atoms. The SMILES string of the molecule is CC[C@@H](C)[C@@H](C)[C@@H](N)CC. The molecule has 0 aromatic rings. The molecule has 0 unspecified atom stereocenters. The van der Waals surface area contributed by atoms with Gasteiger partial charge in [0.05, 0.1) is 0 Å². The first-order valence-electron chi connectivity index (χ1n) is 4.39. The van der Waals surface area contributed by atoms with E-state index in [0.717, 1.165) is 12.3 Å². The van der Waals surface area contributed by atoms with Crippen molar-refractivity contribution in [2.24, 2.45) is 17.6 Å². The smallest absolute Gasteiger partial charge is 0.00644 e. The van der Waals surface area contributed by atoms with Crippen LogP contribution >= 0.6 is 0 Å². The maximum Gasteiger partial charge on any atom is 0.00644 e. The van der Waals surface area contributed by atoms with E-state index in [-0.39, 0.29) is 0 Å². The van der Waals surface area contributed by atoms with Gasteiger partial charge in [-0.05, 0) is 18.3 Å². The van der Waals surface area contributed by atoms with E-state index in [1.807, 2.05) is 0 Å². The van der Waals surface area contributed by atoms with Gasteiger partial charge in [0.25, 0.3) is 0 Å². The molecule has 0 rings (SSSR count). The fourth-order valence-corrected chi connectivity index (χ4v) is 1.17. The normalized spacial score (nSPS) is 20.1. The summed E-state index contributed by atoms with van der Waals surface area (Å²) in [5, 5.41) is 0. The predicted molar refractivity (Wildman–Crippen MR) is 46.9 cm³/mol. The fraction of sp³-hybridized carbons (Fsp3) is 1.00. The Hall–Kier alpha value is -0.0400. The Labute approximate surface area is 65.0 Å². The van der Waals surface area contributed by atoms with Crippen LogP contribution in [0.3, 0.4) is 0 Å². The van der Waals surface area contributed by atoms with Crippen LogP contribution in [0.15, 0.2) is 0 Å². The van der Waals surface area contributed by atoms with E-state index in [1.165, 1.54) is 6.42 Å². The van der Waals surface area contributed by atoms with Gasteiger partial charge in [0.2, 0.25) is 0 Å². The summed E-state index contributed by atoms with van der Waals surface area (Å²) in [7, 11) is 0. The molecule has 2 N–H and O–H groups in total. The minimum Gasteiger partial charge on any atom is -0.327 e. The largest absolute Gasteiger partial charge is 0.327 e. The van der Waals surface area contributed by atoms with Crippen molar-refractivity contribution in [3.63, 3.8) is 0 Å². The van der Waals surface area contributed by atoms with Crippen molar-refractivity contribution >= 4 is 0 Å². The van der Waals surface area contributed by atoms with Gasteiger partial charge in [-0.25, -0.2) is 0 Å². The minimum atomic E-state index is 0.398. The van der Waals surface area contributed by atoms with Crippen LogP contribution in [0.1, 0.15) is 40.5 Å². The third-order valence-electron chi connectivity index (χ3n) is 2.69. The number of nitrogens with two attached hydrogens (primary N) is 1. The second-order valence-electron chi connectivity index (χ2n) is 3.32. The maximum absolute atomic E-state index is 5.89. The lowest BCUT2D eigenvalue weighted by molar-refractivity contribution is 0.311. The standard InChI is InChI=1S/C9H21N/c1-5-7(3)8(4)9(10)6-2/h7-9H,5-6,10H2,1-4H3/t7-,8-,9+/m1/s1. The summed E-state index contributed by atoms with van der Waals surface area (Å²) in [5.74, 6) is 1.45. The quantitative estimate of drug-likeness (QED) is 0.642. The summed E-state index contributed by atoms with van der Waals surface area (Å²) in [6, 6.07) is 0.398. The predicted octanol–water partition coefficient (Wildman–Crippen LogP) is 2.41. The Morgan fingerprint density at radius 3 is 1.90 bits per heavy atom. The van der Waals surface area contributed by atoms with Crippen LogP contribution < -0.4 is 5.73 Å². The molecule has 0 saturated heterocycles. The van der Waals surface area contributed by atoms with Crippen molar-refractivity contribution in [1.82, 2.24) is 0 Å². The summed E-state index contributed by atoms with van der Waals surface area (Å²) in [5.41, 5.74) is 5.89. The first-order valence-corrected chi connectivity index (χ1v) is 4.39. The molecule has 0 aromatic carbocycles. The molecule has 0 aliphatic carbocycles. The average molecular weight is 143 g/mol. The molecule has 0 radical (unpaired) electrons. The Morgan fingerprint density at radius 1 is 1.10 bits per heavy atom. The lowest BCUT2D eigenvalue weighted by Crippen LogP contribution is -2.31. The van der Waals surface area contributed by atoms with E-state index in [1.54, 1.807) is 0 Å². The molecule has 62 valence electrons. The fourth-order valence-electron chi connectivity index (χ4n) is 1.17. The molecule has 1 nitrogen and oxygen atoms in total. The first kappa shape index (κ1) is 9.96. The van der Waals surface area contributed by atoms with E-state index in [9.17, 15) is 0 Å². The van der Waals surface area contributed by atoms with Crippen LogP contribution in [0.2, 0.25) is 0 Å². The van der Waals surface area contributed by atoms with E-state index < -0.39 is 0 Å². The van der Waals surface area contributed by atoms with E-state index in [4.69, 9.17) is 5.73 Å². The summed E-state index contributed by atoms with van der Waals surface area (Å²) in [6.45, 7) is 8.91. The highest BCUT2D eigenvalue weighted by Crippen LogP contribution is 2.18. The van der Waals surface area contributed by atoms with Crippen LogP contribution in [0, 0.1) is 11.8 Å². The van der Waals surface area contributed by atoms with Gasteiger partial charge in [0, 0.05) is 6.04 Å². The Kier molecular flexibility index (Phi) is 4.71. The van der Waals surface area contributed by atoms with Gasteiger partial charge < -0.3 is 5.73 Å². The van der Waals surface area contributed by atoms with Crippen LogP contribution in [0.4, 0.5) is 0 Å². The second-order valence-corrected chi connectivity index (χ2v) is 3.32. The van der Waals surface area contributed by atoms with Gasteiger partial charge in [-0.15, -0.1) is 0 Å². The molecular formula is C9H21N. The molecule has 0 bridgehead atoms. The van der Waals surface area contributed by atoms with E-state index >= 15 is 0 Å². The first-order chi connectivity index (χ1) is 4.63. The van der Waals surface area contributed by atoms with Crippen molar-refractivity contribution in [2.45, 2.75) is 46.6 Å². The highest BCUT2D eigenvalue weighted by molar-refractivity contribution is 4.71. The summed E-state index contributed by atoms with van der Waals surface area (Å²) in [6.07, 6.45) is 2.35. The van der Waals surface area contributed by atoms with E-state index in [2.05, 4.69) is 27.7 Å². The van der Waals surface area contributed by atoms with Crippen LogP contribution in [-0.2, 0) is 0 Å². The third kappa shape index (κ3) is 2.70. The van der Waals surface area contributed by atoms with Gasteiger partial charge in [-0.1, -0.05) is 34.1 Å². The highest BCUT2D eigenvalue weighted by Gasteiger charge is 2.15. The van der Waals surface area contributed by atoms with Crippen LogP contribution in [-0.4, -0.2) is 6.04 Å². The van der Waals surface area contributed by atoms with Crippen molar-refractivity contribution in [1.29, 1.82) is 0 Å². The Bertz CT molecular complexity index is 70.8. The zero-order valence-electron chi connectivity index (χ0n) is 7.72. The van der Waals surface area contributed by atoms with Crippen molar-refractivity contribution < 1.29 is 0 Å². The zero-order valence-corrected chi connectivity index (χ0v) is 7.72. The van der Waals surface area contributed by atoms with Gasteiger partial charge in [0.15, 0.2) is 0 Å². The average Bonchev–Trinajstić information content (AvgIpc) is 2.00. The minimum absolute atomic E-state index is 0.398. The number of hydrogen-bond donors (Lipinski definition) is 1.